The van der Waals surface area contributed by atoms with Gasteiger partial charge in [-0.25, -0.2) is 22.5 Å². The molecule has 2 N–H and O–H groups in total. The maximum atomic E-state index is 14.4. The second-order valence-corrected chi connectivity index (χ2v) is 9.01. The van der Waals surface area contributed by atoms with E-state index in [4.69, 9.17) is 0 Å². The second-order valence-electron chi connectivity index (χ2n) is 9.01. The van der Waals surface area contributed by atoms with Gasteiger partial charge in [-0.15, -0.1) is 0 Å². The molecule has 1 aliphatic rings. The van der Waals surface area contributed by atoms with Gasteiger partial charge < -0.3 is 10.2 Å². The van der Waals surface area contributed by atoms with E-state index >= 15 is 0 Å². The summed E-state index contributed by atoms with van der Waals surface area (Å²) in [5.41, 5.74) is -2.03. The molecule has 0 bridgehead atoms. The average Bonchev–Trinajstić information content (AvgIpc) is 2.83. The van der Waals surface area contributed by atoms with Gasteiger partial charge in [-0.3, -0.25) is 9.78 Å². The molecule has 4 rings (SSSR count). The Labute approximate surface area is 199 Å². The summed E-state index contributed by atoms with van der Waals surface area (Å²) in [6.45, 7) is 0.595. The molecule has 0 spiro atoms. The van der Waals surface area contributed by atoms with Crippen molar-refractivity contribution >= 4 is 5.78 Å². The molecule has 9 heteroatoms. The molecule has 1 aliphatic carbocycles. The molecule has 0 amide bonds. The predicted octanol–water partition coefficient (Wildman–Crippen LogP) is 4.56. The topological polar surface area (TPSA) is 83.3 Å². The lowest BCUT2D eigenvalue weighted by Crippen LogP contribution is -2.54. The van der Waals surface area contributed by atoms with Crippen molar-refractivity contribution in [1.29, 1.82) is 0 Å². The maximum Gasteiger partial charge on any atom is 0.185 e. The van der Waals surface area contributed by atoms with Gasteiger partial charge in [-0.05, 0) is 66.1 Å². The molecule has 3 aromatic rings. The second kappa shape index (κ2) is 9.83. The van der Waals surface area contributed by atoms with Crippen LogP contribution in [-0.2, 0) is 6.42 Å². The number of carbonyl (C=O) groups excluding carboxylic acids is 1. The normalized spacial score (nSPS) is 24.4. The highest BCUT2D eigenvalue weighted by Crippen LogP contribution is 2.43. The number of halogens is 4. The lowest BCUT2D eigenvalue weighted by molar-refractivity contribution is -0.146. The van der Waals surface area contributed by atoms with Crippen LogP contribution in [0.1, 0.15) is 47.3 Å². The van der Waals surface area contributed by atoms with E-state index in [1.54, 1.807) is 13.0 Å². The molecule has 0 radical (unpaired) electrons. The van der Waals surface area contributed by atoms with E-state index in [-0.39, 0.29) is 24.5 Å². The van der Waals surface area contributed by atoms with Crippen LogP contribution in [0.4, 0.5) is 17.6 Å². The Bertz CT molecular complexity index is 1220. The molecule has 5 nitrogen and oxygen atoms in total. The summed E-state index contributed by atoms with van der Waals surface area (Å²) in [6, 6.07) is 6.86. The van der Waals surface area contributed by atoms with Gasteiger partial charge >= 0.3 is 0 Å². The summed E-state index contributed by atoms with van der Waals surface area (Å²) in [5.74, 6) is -4.31. The van der Waals surface area contributed by atoms with Crippen molar-refractivity contribution in [1.82, 2.24) is 9.97 Å². The van der Waals surface area contributed by atoms with Gasteiger partial charge in [0.05, 0.1) is 11.7 Å². The van der Waals surface area contributed by atoms with Gasteiger partial charge in [0.2, 0.25) is 0 Å². The van der Waals surface area contributed by atoms with Crippen molar-refractivity contribution in [3.8, 4) is 11.3 Å². The molecule has 184 valence electrons. The Balaban J connectivity index is 1.62. The fourth-order valence-electron chi connectivity index (χ4n) is 4.75. The number of rotatable bonds is 6. The van der Waals surface area contributed by atoms with Crippen molar-refractivity contribution in [2.45, 2.75) is 43.8 Å². The van der Waals surface area contributed by atoms with Crippen molar-refractivity contribution in [2.75, 3.05) is 6.67 Å². The molecule has 4 atom stereocenters. The highest BCUT2D eigenvalue weighted by atomic mass is 19.1. The fraction of sp³-hybridized carbons (Fsp3) is 0.346. The van der Waals surface area contributed by atoms with Gasteiger partial charge in [0.25, 0.3) is 0 Å². The first-order valence-electron chi connectivity index (χ1n) is 11.2. The quantitative estimate of drug-likeness (QED) is 0.393. The SMILES string of the molecule is C[C@H]1C[C@@H](c2ccncc2CC(=O)c2ccc(F)c(-c3c(F)cccc3F)n2)C[C@@H](O)[C@@]1(O)CF. The number of hydrogen-bond donors (Lipinski definition) is 2. The summed E-state index contributed by atoms with van der Waals surface area (Å²) in [7, 11) is 0. The molecular weight excluding hydrogens is 464 g/mol. The minimum atomic E-state index is -1.82. The van der Waals surface area contributed by atoms with Crippen LogP contribution in [-0.4, -0.2) is 44.3 Å². The van der Waals surface area contributed by atoms with E-state index < -0.39 is 58.8 Å². The summed E-state index contributed by atoms with van der Waals surface area (Å²) < 4.78 is 56.2. The van der Waals surface area contributed by atoms with Gasteiger partial charge in [0.15, 0.2) is 5.78 Å². The number of aromatic nitrogens is 2. The molecular formula is C26H24F4N2O3. The largest absolute Gasteiger partial charge is 0.390 e. The zero-order valence-corrected chi connectivity index (χ0v) is 18.9. The number of hydrogen-bond acceptors (Lipinski definition) is 5. The molecule has 0 unspecified atom stereocenters. The van der Waals surface area contributed by atoms with Crippen LogP contribution in [0.5, 0.6) is 0 Å². The first kappa shape index (κ1) is 24.9. The number of carbonyl (C=O) groups is 1. The highest BCUT2D eigenvalue weighted by Gasteiger charge is 2.47. The third-order valence-corrected chi connectivity index (χ3v) is 6.85. The fourth-order valence-corrected chi connectivity index (χ4v) is 4.75. The number of ketones is 1. The zero-order chi connectivity index (χ0) is 25.3. The first-order chi connectivity index (χ1) is 16.7. The monoisotopic (exact) mass is 488 g/mol. The highest BCUT2D eigenvalue weighted by molar-refractivity contribution is 5.96. The van der Waals surface area contributed by atoms with Gasteiger partial charge in [0.1, 0.15) is 41.1 Å². The Hall–Kier alpha value is -3.17. The molecule has 1 fully saturated rings. The number of alkyl halides is 1. The van der Waals surface area contributed by atoms with Crippen LogP contribution in [0, 0.1) is 23.4 Å². The van der Waals surface area contributed by atoms with Crippen molar-refractivity contribution in [2.24, 2.45) is 5.92 Å². The zero-order valence-electron chi connectivity index (χ0n) is 18.9. The van der Waals surface area contributed by atoms with Gasteiger partial charge in [-0.1, -0.05) is 13.0 Å². The summed E-state index contributed by atoms with van der Waals surface area (Å²) in [5, 5.41) is 20.9. The molecule has 1 aromatic carbocycles. The molecule has 0 saturated heterocycles. The van der Waals surface area contributed by atoms with E-state index in [0.29, 0.717) is 17.5 Å². The van der Waals surface area contributed by atoms with Crippen molar-refractivity contribution in [3.63, 3.8) is 0 Å². The van der Waals surface area contributed by atoms with E-state index in [2.05, 4.69) is 9.97 Å². The van der Waals surface area contributed by atoms with Gasteiger partial charge in [-0.2, -0.15) is 0 Å². The number of nitrogens with zero attached hydrogens (tertiary/aromatic N) is 2. The predicted molar refractivity (Wildman–Crippen MR) is 120 cm³/mol. The van der Waals surface area contributed by atoms with Crippen LogP contribution in [0.2, 0.25) is 0 Å². The smallest absolute Gasteiger partial charge is 0.185 e. The first-order valence-corrected chi connectivity index (χ1v) is 11.2. The van der Waals surface area contributed by atoms with E-state index in [0.717, 1.165) is 30.3 Å². The maximum absolute atomic E-state index is 14.4. The lowest BCUT2D eigenvalue weighted by Gasteiger charge is -2.44. The molecule has 0 aliphatic heterocycles. The Kier molecular flexibility index (Phi) is 7.00. The molecule has 2 heterocycles. The number of benzene rings is 1. The standard InChI is InChI=1S/C26H24F4N2O3/c1-14-9-15(11-23(34)26(14,35)13-27)17-7-8-31-12-16(17)10-22(33)21-6-5-20(30)25(32-21)24-18(28)3-2-4-19(24)29/h2-8,12,14-15,23,34-35H,9-11,13H2,1H3/t14-,15+,23+,26+/m0/s1. The third-order valence-electron chi connectivity index (χ3n) is 6.85. The van der Waals surface area contributed by atoms with Crippen LogP contribution < -0.4 is 0 Å². The molecule has 2 aromatic heterocycles. The Morgan fingerprint density at radius 2 is 1.80 bits per heavy atom. The van der Waals surface area contributed by atoms with Crippen molar-refractivity contribution in [3.05, 3.63) is 83.1 Å². The Morgan fingerprint density at radius 1 is 1.09 bits per heavy atom. The van der Waals surface area contributed by atoms with Crippen LogP contribution in [0.3, 0.4) is 0 Å². The number of Topliss-reactive ketones (excluding diaryl/α,β-unsaturated/α-hetero) is 1. The van der Waals surface area contributed by atoms with E-state index in [9.17, 15) is 32.6 Å². The van der Waals surface area contributed by atoms with Gasteiger partial charge in [0, 0.05) is 18.8 Å². The number of aliphatic hydroxyl groups is 2. The van der Waals surface area contributed by atoms with Crippen LogP contribution >= 0.6 is 0 Å². The number of pyridine rings is 2. The minimum absolute atomic E-state index is 0.0987. The Morgan fingerprint density at radius 3 is 2.46 bits per heavy atom. The minimum Gasteiger partial charge on any atom is -0.390 e. The number of aliphatic hydroxyl groups excluding tert-OH is 1. The average molecular weight is 488 g/mol. The third kappa shape index (κ3) is 4.70. The van der Waals surface area contributed by atoms with E-state index in [1.807, 2.05) is 0 Å². The summed E-state index contributed by atoms with van der Waals surface area (Å²) >= 11 is 0. The molecule has 35 heavy (non-hydrogen) atoms. The van der Waals surface area contributed by atoms with Crippen LogP contribution in [0.15, 0.2) is 48.8 Å². The molecule has 1 saturated carbocycles. The van der Waals surface area contributed by atoms with Crippen LogP contribution in [0.25, 0.3) is 11.3 Å². The summed E-state index contributed by atoms with van der Waals surface area (Å²) in [4.78, 5) is 21.0. The lowest BCUT2D eigenvalue weighted by atomic mass is 9.68. The van der Waals surface area contributed by atoms with E-state index in [1.165, 1.54) is 12.4 Å². The summed E-state index contributed by atoms with van der Waals surface area (Å²) in [6.07, 6.45) is 2.03. The van der Waals surface area contributed by atoms with Crippen molar-refractivity contribution < 1.29 is 32.6 Å².